The number of carbonyl (C=O) groups is 1. The molecule has 108 valence electrons. The summed E-state index contributed by atoms with van der Waals surface area (Å²) in [5.41, 5.74) is 0. The van der Waals surface area contributed by atoms with Crippen molar-refractivity contribution in [1.29, 1.82) is 0 Å². The number of rotatable bonds is 9. The number of hydrogen-bond acceptors (Lipinski definition) is 4. The number of hydrogen-bond donors (Lipinski definition) is 2. The maximum Gasteiger partial charge on any atom is 0.304 e. The second-order valence-electron chi connectivity index (χ2n) is 4.25. The van der Waals surface area contributed by atoms with E-state index in [1.165, 1.54) is 11.4 Å². The first-order chi connectivity index (χ1) is 8.23. The monoisotopic (exact) mass is 282 g/mol. The van der Waals surface area contributed by atoms with Gasteiger partial charge in [-0.15, -0.1) is 0 Å². The summed E-state index contributed by atoms with van der Waals surface area (Å²) in [6, 6.07) is -0.242. The Bertz CT molecular complexity index is 355. The van der Waals surface area contributed by atoms with E-state index in [1.54, 1.807) is 13.8 Å². The Hall–Kier alpha value is -0.700. The molecule has 0 aliphatic rings. The lowest BCUT2D eigenvalue weighted by molar-refractivity contribution is -0.137. The van der Waals surface area contributed by atoms with Crippen molar-refractivity contribution in [2.24, 2.45) is 0 Å². The molecule has 0 rings (SSSR count). The molecular weight excluding hydrogens is 260 g/mol. The second-order valence-corrected chi connectivity index (χ2v) is 6.24. The van der Waals surface area contributed by atoms with Gasteiger partial charge in [0.05, 0.1) is 6.42 Å². The van der Waals surface area contributed by atoms with Crippen molar-refractivity contribution in [1.82, 2.24) is 8.61 Å². The van der Waals surface area contributed by atoms with E-state index >= 15 is 0 Å². The molecule has 0 amide bonds. The van der Waals surface area contributed by atoms with Crippen LogP contribution in [-0.2, 0) is 15.0 Å². The Balaban J connectivity index is 4.77. The largest absolute Gasteiger partial charge is 0.481 e. The molecule has 8 heteroatoms. The summed E-state index contributed by atoms with van der Waals surface area (Å²) in [6.45, 7) is 3.53. The molecule has 0 aliphatic carbocycles. The van der Waals surface area contributed by atoms with E-state index in [4.69, 9.17) is 10.2 Å². The minimum atomic E-state index is -3.68. The van der Waals surface area contributed by atoms with Gasteiger partial charge in [-0.1, -0.05) is 0 Å². The van der Waals surface area contributed by atoms with Crippen LogP contribution in [0, 0.1) is 0 Å². The summed E-state index contributed by atoms with van der Waals surface area (Å²) in [5.74, 6) is -1.04. The van der Waals surface area contributed by atoms with Crippen LogP contribution in [0.15, 0.2) is 0 Å². The van der Waals surface area contributed by atoms with Gasteiger partial charge in [0.2, 0.25) is 0 Å². The van der Waals surface area contributed by atoms with Crippen LogP contribution in [0.1, 0.15) is 26.7 Å². The van der Waals surface area contributed by atoms with E-state index in [0.29, 0.717) is 6.42 Å². The van der Waals surface area contributed by atoms with E-state index < -0.39 is 16.2 Å². The average Bonchev–Trinajstić information content (AvgIpc) is 2.25. The van der Waals surface area contributed by atoms with Gasteiger partial charge in [0.25, 0.3) is 10.2 Å². The van der Waals surface area contributed by atoms with E-state index in [1.807, 2.05) is 0 Å². The Morgan fingerprint density at radius 1 is 1.28 bits per heavy atom. The highest BCUT2D eigenvalue weighted by Crippen LogP contribution is 2.12. The quantitative estimate of drug-likeness (QED) is 0.606. The summed E-state index contributed by atoms with van der Waals surface area (Å²) in [6.07, 6.45) is 0.117. The molecule has 2 N–H and O–H groups in total. The predicted molar refractivity (Wildman–Crippen MR) is 67.3 cm³/mol. The highest BCUT2D eigenvalue weighted by atomic mass is 32.2. The number of nitrogens with zero attached hydrogens (tertiary/aromatic N) is 2. The highest BCUT2D eigenvalue weighted by molar-refractivity contribution is 7.86. The fourth-order valence-electron chi connectivity index (χ4n) is 1.41. The molecule has 0 unspecified atom stereocenters. The number of aliphatic carboxylic acids is 1. The minimum absolute atomic E-state index is 0.0694. The molecule has 0 aromatic carbocycles. The molecule has 0 bridgehead atoms. The fourth-order valence-corrected chi connectivity index (χ4v) is 2.99. The van der Waals surface area contributed by atoms with E-state index in [2.05, 4.69) is 0 Å². The fraction of sp³-hybridized carbons (Fsp3) is 0.900. The summed E-state index contributed by atoms with van der Waals surface area (Å²) in [4.78, 5) is 10.4. The van der Waals surface area contributed by atoms with Crippen molar-refractivity contribution in [2.75, 3.05) is 26.7 Å². The third-order valence-electron chi connectivity index (χ3n) is 2.44. The first-order valence-electron chi connectivity index (χ1n) is 5.79. The Kier molecular flexibility index (Phi) is 7.37. The number of aliphatic hydroxyl groups excluding tert-OH is 1. The standard InChI is InChI=1S/C10H22N2O5S/c1-9(2)12(6-4-8-13)18(16,17)11(3)7-5-10(14)15/h9,13H,4-8H2,1-3H3,(H,14,15). The lowest BCUT2D eigenvalue weighted by Crippen LogP contribution is -2.46. The average molecular weight is 282 g/mol. The maximum absolute atomic E-state index is 12.2. The smallest absolute Gasteiger partial charge is 0.304 e. The lowest BCUT2D eigenvalue weighted by atomic mass is 10.3. The molecule has 0 heterocycles. The molecule has 0 fully saturated rings. The van der Waals surface area contributed by atoms with Gasteiger partial charge < -0.3 is 10.2 Å². The molecule has 0 saturated heterocycles. The van der Waals surface area contributed by atoms with Crippen LogP contribution < -0.4 is 0 Å². The number of carboxylic acid groups (broad SMARTS) is 1. The molecule has 0 spiro atoms. The summed E-state index contributed by atoms with van der Waals surface area (Å²) < 4.78 is 26.6. The van der Waals surface area contributed by atoms with Crippen molar-refractivity contribution < 1.29 is 23.4 Å². The molecule has 18 heavy (non-hydrogen) atoms. The zero-order chi connectivity index (χ0) is 14.3. The predicted octanol–water partition coefficient (Wildman–Crippen LogP) is -0.269. The summed E-state index contributed by atoms with van der Waals surface area (Å²) in [7, 11) is -2.32. The van der Waals surface area contributed by atoms with Gasteiger partial charge in [-0.05, 0) is 20.3 Å². The molecular formula is C10H22N2O5S. The molecule has 0 saturated carbocycles. The van der Waals surface area contributed by atoms with E-state index in [0.717, 1.165) is 4.31 Å². The highest BCUT2D eigenvalue weighted by Gasteiger charge is 2.28. The molecule has 0 aromatic heterocycles. The zero-order valence-corrected chi connectivity index (χ0v) is 11.9. The van der Waals surface area contributed by atoms with Crippen LogP contribution in [0.2, 0.25) is 0 Å². The van der Waals surface area contributed by atoms with Gasteiger partial charge in [0.15, 0.2) is 0 Å². The van der Waals surface area contributed by atoms with Crippen molar-refractivity contribution in [3.8, 4) is 0 Å². The number of aliphatic hydroxyl groups is 1. The molecule has 0 atom stereocenters. The van der Waals surface area contributed by atoms with Crippen LogP contribution in [-0.4, -0.2) is 66.0 Å². The van der Waals surface area contributed by atoms with Crippen LogP contribution in [0.4, 0.5) is 0 Å². The van der Waals surface area contributed by atoms with E-state index in [-0.39, 0.29) is 32.2 Å². The third kappa shape index (κ3) is 5.30. The summed E-state index contributed by atoms with van der Waals surface area (Å²) in [5, 5.41) is 17.3. The first-order valence-corrected chi connectivity index (χ1v) is 7.19. The van der Waals surface area contributed by atoms with Gasteiger partial charge in [-0.2, -0.15) is 17.0 Å². The van der Waals surface area contributed by atoms with Crippen molar-refractivity contribution in [3.63, 3.8) is 0 Å². The van der Waals surface area contributed by atoms with Gasteiger partial charge in [0.1, 0.15) is 0 Å². The van der Waals surface area contributed by atoms with E-state index in [9.17, 15) is 13.2 Å². The van der Waals surface area contributed by atoms with Gasteiger partial charge in [-0.3, -0.25) is 4.79 Å². The lowest BCUT2D eigenvalue weighted by Gasteiger charge is -2.30. The first kappa shape index (κ1) is 17.3. The van der Waals surface area contributed by atoms with Crippen LogP contribution >= 0.6 is 0 Å². The normalized spacial score (nSPS) is 12.6. The van der Waals surface area contributed by atoms with Crippen molar-refractivity contribution in [3.05, 3.63) is 0 Å². The van der Waals surface area contributed by atoms with Crippen molar-refractivity contribution >= 4 is 16.2 Å². The molecule has 0 aromatic rings. The van der Waals surface area contributed by atoms with Gasteiger partial charge in [0, 0.05) is 32.8 Å². The minimum Gasteiger partial charge on any atom is -0.481 e. The second kappa shape index (κ2) is 7.67. The summed E-state index contributed by atoms with van der Waals surface area (Å²) >= 11 is 0. The van der Waals surface area contributed by atoms with Crippen LogP contribution in [0.3, 0.4) is 0 Å². The van der Waals surface area contributed by atoms with Crippen LogP contribution in [0.5, 0.6) is 0 Å². The van der Waals surface area contributed by atoms with Gasteiger partial charge >= 0.3 is 5.97 Å². The zero-order valence-electron chi connectivity index (χ0n) is 11.0. The third-order valence-corrected chi connectivity index (χ3v) is 4.61. The van der Waals surface area contributed by atoms with Crippen LogP contribution in [0.25, 0.3) is 0 Å². The molecule has 0 aliphatic heterocycles. The number of carboxylic acids is 1. The maximum atomic E-state index is 12.2. The topological polar surface area (TPSA) is 98.2 Å². The Labute approximate surface area is 108 Å². The Morgan fingerprint density at radius 2 is 1.83 bits per heavy atom. The van der Waals surface area contributed by atoms with Crippen molar-refractivity contribution in [2.45, 2.75) is 32.7 Å². The Morgan fingerprint density at radius 3 is 2.22 bits per heavy atom. The SMILES string of the molecule is CC(C)N(CCCO)S(=O)(=O)N(C)CCC(=O)O. The molecule has 0 radical (unpaired) electrons. The van der Waals surface area contributed by atoms with Gasteiger partial charge in [-0.25, -0.2) is 0 Å². The molecule has 7 nitrogen and oxygen atoms in total.